The highest BCUT2D eigenvalue weighted by atomic mass is 16.2. The maximum absolute atomic E-state index is 12.7. The minimum atomic E-state index is -0.00117. The highest BCUT2D eigenvalue weighted by molar-refractivity contribution is 5.93. The van der Waals surface area contributed by atoms with Crippen LogP contribution in [0.25, 0.3) is 0 Å². The molecule has 1 saturated heterocycles. The van der Waals surface area contributed by atoms with Crippen molar-refractivity contribution in [2.45, 2.75) is 6.92 Å². The van der Waals surface area contributed by atoms with Gasteiger partial charge >= 0.3 is 0 Å². The number of carbonyl (C=O) groups excluding carboxylic acids is 1. The zero-order valence-corrected chi connectivity index (χ0v) is 16.4. The molecule has 0 atom stereocenters. The number of piperazine rings is 1. The topological polar surface area (TPSA) is 64.6 Å². The summed E-state index contributed by atoms with van der Waals surface area (Å²) < 4.78 is 0. The molecule has 1 aliphatic heterocycles. The molecule has 144 valence electrons. The molecule has 7 heteroatoms. The molecule has 1 aliphatic rings. The Hall–Kier alpha value is -2.67. The summed E-state index contributed by atoms with van der Waals surface area (Å²) in [6, 6.07) is 8.49. The molecule has 1 amide bonds. The largest absolute Gasteiger partial charge is 0.368 e. The van der Waals surface area contributed by atoms with Gasteiger partial charge in [-0.15, -0.1) is 0 Å². The maximum Gasteiger partial charge on any atom is 0.257 e. The lowest BCUT2D eigenvalue weighted by atomic mass is 10.2. The number of nitrogens with zero attached hydrogens (tertiary/aromatic N) is 5. The van der Waals surface area contributed by atoms with Crippen LogP contribution in [-0.4, -0.2) is 79.0 Å². The molecule has 1 N–H and O–H groups in total. The predicted molar refractivity (Wildman–Crippen MR) is 108 cm³/mol. The lowest BCUT2D eigenvalue weighted by molar-refractivity contribution is 0.0746. The summed E-state index contributed by atoms with van der Waals surface area (Å²) in [4.78, 5) is 27.5. The van der Waals surface area contributed by atoms with Crippen LogP contribution in [0, 0.1) is 6.92 Å². The number of amides is 1. The quantitative estimate of drug-likeness (QED) is 0.838. The number of nitrogens with one attached hydrogen (secondary N) is 1. The molecule has 0 unspecified atom stereocenters. The van der Waals surface area contributed by atoms with E-state index in [1.165, 1.54) is 11.3 Å². The zero-order chi connectivity index (χ0) is 19.2. The van der Waals surface area contributed by atoms with Gasteiger partial charge in [0.1, 0.15) is 0 Å². The Morgan fingerprint density at radius 3 is 2.48 bits per heavy atom. The number of hydrogen-bond acceptors (Lipinski definition) is 6. The van der Waals surface area contributed by atoms with Gasteiger partial charge in [-0.05, 0) is 38.7 Å². The van der Waals surface area contributed by atoms with Crippen molar-refractivity contribution in [1.29, 1.82) is 0 Å². The third-order valence-corrected chi connectivity index (χ3v) is 4.67. The number of hydrogen-bond donors (Lipinski definition) is 1. The summed E-state index contributed by atoms with van der Waals surface area (Å²) >= 11 is 0. The van der Waals surface area contributed by atoms with E-state index in [2.05, 4.69) is 56.3 Å². The summed E-state index contributed by atoms with van der Waals surface area (Å²) in [6.07, 6.45) is 3.22. The van der Waals surface area contributed by atoms with Crippen molar-refractivity contribution in [3.63, 3.8) is 0 Å². The van der Waals surface area contributed by atoms with Crippen molar-refractivity contribution in [2.75, 3.05) is 63.6 Å². The number of carbonyl (C=O) groups is 1. The highest BCUT2D eigenvalue weighted by Gasteiger charge is 2.22. The molecule has 7 nitrogen and oxygen atoms in total. The average molecular weight is 368 g/mol. The zero-order valence-electron chi connectivity index (χ0n) is 16.4. The fraction of sp³-hybridized carbons (Fsp3) is 0.450. The van der Waals surface area contributed by atoms with Gasteiger partial charge in [0.15, 0.2) is 0 Å². The van der Waals surface area contributed by atoms with Crippen molar-refractivity contribution in [3.05, 3.63) is 47.8 Å². The third-order valence-electron chi connectivity index (χ3n) is 4.67. The van der Waals surface area contributed by atoms with E-state index in [1.807, 2.05) is 19.0 Å². The van der Waals surface area contributed by atoms with Crippen LogP contribution in [0.3, 0.4) is 0 Å². The number of anilines is 2. The fourth-order valence-corrected chi connectivity index (χ4v) is 3.10. The lowest BCUT2D eigenvalue weighted by Gasteiger charge is -2.36. The average Bonchev–Trinajstić information content (AvgIpc) is 2.68. The lowest BCUT2D eigenvalue weighted by Crippen LogP contribution is -2.48. The SMILES string of the molecule is Cc1cccc(N2CCN(C(=O)c3cnc(NCCN(C)C)nc3)CC2)c1. The number of benzene rings is 1. The van der Waals surface area contributed by atoms with Gasteiger partial charge in [-0.1, -0.05) is 12.1 Å². The van der Waals surface area contributed by atoms with Gasteiger partial charge in [-0.25, -0.2) is 9.97 Å². The van der Waals surface area contributed by atoms with Crippen LogP contribution in [0.2, 0.25) is 0 Å². The molecule has 1 aromatic carbocycles. The van der Waals surface area contributed by atoms with Gasteiger partial charge < -0.3 is 20.0 Å². The Labute approximate surface area is 161 Å². The molecule has 2 heterocycles. The van der Waals surface area contributed by atoms with Crippen molar-refractivity contribution in [3.8, 4) is 0 Å². The van der Waals surface area contributed by atoms with E-state index in [1.54, 1.807) is 12.4 Å². The second kappa shape index (κ2) is 8.81. The summed E-state index contributed by atoms with van der Waals surface area (Å²) in [5, 5.41) is 3.15. The van der Waals surface area contributed by atoms with E-state index >= 15 is 0 Å². The summed E-state index contributed by atoms with van der Waals surface area (Å²) in [5.41, 5.74) is 3.01. The van der Waals surface area contributed by atoms with Gasteiger partial charge in [0.05, 0.1) is 5.56 Å². The number of likely N-dealkylation sites (N-methyl/N-ethyl adjacent to an activating group) is 1. The van der Waals surface area contributed by atoms with E-state index < -0.39 is 0 Å². The van der Waals surface area contributed by atoms with Gasteiger partial charge in [0.25, 0.3) is 5.91 Å². The Morgan fingerprint density at radius 1 is 1.15 bits per heavy atom. The summed E-state index contributed by atoms with van der Waals surface area (Å²) in [6.45, 7) is 6.84. The Balaban J connectivity index is 1.53. The van der Waals surface area contributed by atoms with Crippen molar-refractivity contribution < 1.29 is 4.79 Å². The van der Waals surface area contributed by atoms with Gasteiger partial charge in [-0.3, -0.25) is 4.79 Å². The Kier molecular flexibility index (Phi) is 6.24. The minimum Gasteiger partial charge on any atom is -0.368 e. The molecule has 1 fully saturated rings. The van der Waals surface area contributed by atoms with Crippen LogP contribution in [0.4, 0.5) is 11.6 Å². The molecule has 0 saturated carbocycles. The van der Waals surface area contributed by atoms with E-state index in [-0.39, 0.29) is 5.91 Å². The van der Waals surface area contributed by atoms with Crippen LogP contribution in [0.1, 0.15) is 15.9 Å². The predicted octanol–water partition coefficient (Wildman–Crippen LogP) is 1.72. The standard InChI is InChI=1S/C20H28N6O/c1-16-5-4-6-18(13-16)25-9-11-26(12-10-25)19(27)17-14-22-20(23-15-17)21-7-8-24(2)3/h4-6,13-15H,7-12H2,1-3H3,(H,21,22,23). The second-order valence-electron chi connectivity index (χ2n) is 7.14. The first-order chi connectivity index (χ1) is 13.0. The van der Waals surface area contributed by atoms with Crippen molar-refractivity contribution in [2.24, 2.45) is 0 Å². The summed E-state index contributed by atoms with van der Waals surface area (Å²) in [7, 11) is 4.03. The molecule has 2 aromatic rings. The fourth-order valence-electron chi connectivity index (χ4n) is 3.10. The van der Waals surface area contributed by atoms with Crippen molar-refractivity contribution >= 4 is 17.5 Å². The van der Waals surface area contributed by atoms with Crippen LogP contribution in [-0.2, 0) is 0 Å². The third kappa shape index (κ3) is 5.17. The molecule has 1 aromatic heterocycles. The normalized spacial score (nSPS) is 14.5. The first-order valence-electron chi connectivity index (χ1n) is 9.34. The molecule has 3 rings (SSSR count). The van der Waals surface area contributed by atoms with Gasteiger partial charge in [0.2, 0.25) is 5.95 Å². The highest BCUT2D eigenvalue weighted by Crippen LogP contribution is 2.18. The van der Waals surface area contributed by atoms with E-state index in [0.717, 1.165) is 26.2 Å². The Morgan fingerprint density at radius 2 is 1.85 bits per heavy atom. The number of aryl methyl sites for hydroxylation is 1. The Bertz CT molecular complexity index is 753. The monoisotopic (exact) mass is 368 g/mol. The summed E-state index contributed by atoms with van der Waals surface area (Å²) in [5.74, 6) is 0.552. The second-order valence-corrected chi connectivity index (χ2v) is 7.14. The minimum absolute atomic E-state index is 0.00117. The molecular weight excluding hydrogens is 340 g/mol. The van der Waals surface area contributed by atoms with Crippen molar-refractivity contribution in [1.82, 2.24) is 19.8 Å². The first-order valence-corrected chi connectivity index (χ1v) is 9.34. The van der Waals surface area contributed by atoms with E-state index in [4.69, 9.17) is 0 Å². The van der Waals surface area contributed by atoms with E-state index in [9.17, 15) is 4.79 Å². The molecular formula is C20H28N6O. The van der Waals surface area contributed by atoms with E-state index in [0.29, 0.717) is 24.6 Å². The molecule has 0 radical (unpaired) electrons. The van der Waals surface area contributed by atoms with Gasteiger partial charge in [0, 0.05) is 57.3 Å². The van der Waals surface area contributed by atoms with Crippen LogP contribution < -0.4 is 10.2 Å². The van der Waals surface area contributed by atoms with Crippen LogP contribution in [0.5, 0.6) is 0 Å². The molecule has 27 heavy (non-hydrogen) atoms. The number of aromatic nitrogens is 2. The molecule has 0 aliphatic carbocycles. The molecule has 0 bridgehead atoms. The number of rotatable bonds is 6. The maximum atomic E-state index is 12.7. The smallest absolute Gasteiger partial charge is 0.257 e. The van der Waals surface area contributed by atoms with Crippen LogP contribution in [0.15, 0.2) is 36.7 Å². The van der Waals surface area contributed by atoms with Crippen LogP contribution >= 0.6 is 0 Å². The molecule has 0 spiro atoms. The first kappa shape index (κ1) is 19.1. The van der Waals surface area contributed by atoms with Gasteiger partial charge in [-0.2, -0.15) is 0 Å².